The third-order valence-electron chi connectivity index (χ3n) is 8.53. The molecule has 8 nitrogen and oxygen atoms in total. The lowest BCUT2D eigenvalue weighted by molar-refractivity contribution is 0.0995. The van der Waals surface area contributed by atoms with Crippen LogP contribution in [0.2, 0.25) is 0 Å². The van der Waals surface area contributed by atoms with Gasteiger partial charge in [0.15, 0.2) is 0 Å². The highest BCUT2D eigenvalue weighted by atomic mass is 16.6. The van der Waals surface area contributed by atoms with E-state index in [0.717, 1.165) is 47.7 Å². The van der Waals surface area contributed by atoms with Gasteiger partial charge < -0.3 is 29.4 Å². The number of imidazole rings is 1. The van der Waals surface area contributed by atoms with E-state index in [1.807, 2.05) is 38.6 Å². The summed E-state index contributed by atoms with van der Waals surface area (Å²) < 4.78 is 1.93. The quantitative estimate of drug-likeness (QED) is 0.374. The maximum atomic E-state index is 4.85. The lowest BCUT2D eigenvalue weighted by Crippen LogP contribution is -2.41. The number of hydrogen-bond acceptors (Lipinski definition) is 7. The van der Waals surface area contributed by atoms with Crippen LogP contribution >= 0.6 is 0 Å². The van der Waals surface area contributed by atoms with Crippen LogP contribution in [0.1, 0.15) is 99.1 Å². The zero-order valence-corrected chi connectivity index (χ0v) is 30.4. The van der Waals surface area contributed by atoms with Crippen LogP contribution in [0.5, 0.6) is 0 Å². The zero-order valence-electron chi connectivity index (χ0n) is 30.4. The highest BCUT2D eigenvalue weighted by molar-refractivity contribution is 5.82. The first-order valence-corrected chi connectivity index (χ1v) is 17.2. The molecule has 43 heavy (non-hydrogen) atoms. The number of aromatic nitrogens is 2. The summed E-state index contributed by atoms with van der Waals surface area (Å²) in [6.45, 7) is 25.2. The molecule has 0 spiro atoms. The molecule has 4 fully saturated rings. The van der Waals surface area contributed by atoms with Crippen LogP contribution < -0.4 is 5.32 Å². The van der Waals surface area contributed by atoms with E-state index in [1.165, 1.54) is 77.8 Å². The predicted octanol–water partition coefficient (Wildman–Crippen LogP) is 6.31. The number of piperidine rings is 2. The first-order chi connectivity index (χ1) is 20.2. The Morgan fingerprint density at radius 3 is 1.42 bits per heavy atom. The van der Waals surface area contributed by atoms with E-state index in [1.54, 1.807) is 6.33 Å². The van der Waals surface area contributed by atoms with Gasteiger partial charge in [-0.15, -0.1) is 0 Å². The molecule has 0 saturated carbocycles. The Balaban J connectivity index is 0.000000259. The molecule has 4 saturated heterocycles. The first kappa shape index (κ1) is 39.5. The zero-order chi connectivity index (χ0) is 32.4. The van der Waals surface area contributed by atoms with Gasteiger partial charge in [0.25, 0.3) is 0 Å². The molecule has 0 radical (unpaired) electrons. The topological polar surface area (TPSA) is 61.2 Å². The predicted molar refractivity (Wildman–Crippen MR) is 186 cm³/mol. The summed E-state index contributed by atoms with van der Waals surface area (Å²) in [6.07, 6.45) is 13.4. The third kappa shape index (κ3) is 21.0. The van der Waals surface area contributed by atoms with E-state index < -0.39 is 0 Å². The maximum absolute atomic E-state index is 4.85. The molecule has 252 valence electrons. The van der Waals surface area contributed by atoms with Crippen LogP contribution in [0.4, 0.5) is 0 Å². The van der Waals surface area contributed by atoms with Gasteiger partial charge >= 0.3 is 0 Å². The molecule has 8 heteroatoms. The van der Waals surface area contributed by atoms with Crippen molar-refractivity contribution >= 4 is 5.71 Å². The van der Waals surface area contributed by atoms with Gasteiger partial charge in [-0.25, -0.2) is 4.98 Å². The molecule has 1 aromatic rings. The fourth-order valence-electron chi connectivity index (χ4n) is 5.90. The van der Waals surface area contributed by atoms with E-state index in [0.29, 0.717) is 6.10 Å². The number of nitrogens with zero attached hydrogens (tertiary/aromatic N) is 6. The molecule has 4 unspecified atom stereocenters. The molecule has 1 aromatic heterocycles. The fourth-order valence-corrected chi connectivity index (χ4v) is 5.90. The first-order valence-electron chi connectivity index (χ1n) is 17.2. The van der Waals surface area contributed by atoms with Crippen LogP contribution in [0.3, 0.4) is 0 Å². The van der Waals surface area contributed by atoms with Gasteiger partial charge in [0, 0.05) is 51.4 Å². The summed E-state index contributed by atoms with van der Waals surface area (Å²) in [7, 11) is 8.50. The van der Waals surface area contributed by atoms with E-state index in [-0.39, 0.29) is 0 Å². The van der Waals surface area contributed by atoms with Crippen LogP contribution in [-0.2, 0) is 11.9 Å². The Kier molecular flexibility index (Phi) is 20.3. The summed E-state index contributed by atoms with van der Waals surface area (Å²) in [4.78, 5) is 15.9. The van der Waals surface area contributed by atoms with Gasteiger partial charge in [-0.3, -0.25) is 0 Å². The number of nitrogens with one attached hydrogen (secondary N) is 1. The average Bonchev–Trinajstić information content (AvgIpc) is 3.62. The monoisotopic (exact) mass is 606 g/mol. The Labute approximate surface area is 267 Å². The maximum Gasteiger partial charge on any atom is 0.130 e. The second-order valence-corrected chi connectivity index (χ2v) is 14.5. The number of oxime groups is 1. The van der Waals surface area contributed by atoms with Crippen molar-refractivity contribution in [2.75, 3.05) is 60.4 Å². The van der Waals surface area contributed by atoms with Gasteiger partial charge in [0.05, 0.1) is 17.7 Å². The highest BCUT2D eigenvalue weighted by Crippen LogP contribution is 2.14. The largest absolute Gasteiger partial charge is 0.392 e. The Morgan fingerprint density at radius 1 is 0.698 bits per heavy atom. The second kappa shape index (κ2) is 22.1. The Bertz CT molecular complexity index is 796. The lowest BCUT2D eigenvalue weighted by atomic mass is 10.00. The molecule has 5 aliphatic heterocycles. The molecule has 4 atom stereocenters. The van der Waals surface area contributed by atoms with E-state index in [9.17, 15) is 0 Å². The van der Waals surface area contributed by atoms with E-state index in [2.05, 4.69) is 85.9 Å². The number of aryl methyl sites for hydroxylation is 2. The SMILES string of the molecule is CC1=NOC(C)C1.CC1CCCC(C)N1.CC1CCN(C)C1.CC1CCN(C)CC1.CC1CN(C)C1.Cc1cn(C)cn1. The second-order valence-electron chi connectivity index (χ2n) is 14.5. The van der Waals surface area contributed by atoms with Crippen molar-refractivity contribution in [3.05, 3.63) is 18.2 Å². The van der Waals surface area contributed by atoms with Crippen molar-refractivity contribution in [2.45, 2.75) is 119 Å². The van der Waals surface area contributed by atoms with E-state index in [4.69, 9.17) is 4.84 Å². The molecule has 0 bridgehead atoms. The van der Waals surface area contributed by atoms with E-state index >= 15 is 0 Å². The molecule has 1 N–H and O–H groups in total. The minimum atomic E-state index is 0.319. The third-order valence-corrected chi connectivity index (χ3v) is 8.53. The van der Waals surface area contributed by atoms with Crippen molar-refractivity contribution in [3.8, 4) is 0 Å². The normalized spacial score (nSPS) is 28.0. The molecule has 0 aromatic carbocycles. The van der Waals surface area contributed by atoms with Crippen molar-refractivity contribution in [1.29, 1.82) is 0 Å². The molecule has 6 heterocycles. The van der Waals surface area contributed by atoms with Crippen molar-refractivity contribution in [1.82, 2.24) is 29.6 Å². The van der Waals surface area contributed by atoms with Crippen LogP contribution in [0, 0.1) is 24.7 Å². The minimum absolute atomic E-state index is 0.319. The molecular formula is C35H71N7O. The van der Waals surface area contributed by atoms with Crippen molar-refractivity contribution in [3.63, 3.8) is 0 Å². The number of hydrogen-bond donors (Lipinski definition) is 1. The summed E-state index contributed by atoms with van der Waals surface area (Å²) in [5.41, 5.74) is 2.18. The Morgan fingerprint density at radius 2 is 1.23 bits per heavy atom. The van der Waals surface area contributed by atoms with Crippen LogP contribution in [0.15, 0.2) is 17.7 Å². The van der Waals surface area contributed by atoms with Gasteiger partial charge in [-0.05, 0) is 125 Å². The summed E-state index contributed by atoms with van der Waals surface area (Å²) >= 11 is 0. The number of rotatable bonds is 0. The van der Waals surface area contributed by atoms with Crippen molar-refractivity contribution in [2.24, 2.45) is 30.0 Å². The van der Waals surface area contributed by atoms with Gasteiger partial charge in [0.1, 0.15) is 6.10 Å². The molecule has 5 aliphatic rings. The molecule has 0 aliphatic carbocycles. The minimum Gasteiger partial charge on any atom is -0.392 e. The lowest BCUT2D eigenvalue weighted by Gasteiger charge is -2.33. The molecule has 0 amide bonds. The smallest absolute Gasteiger partial charge is 0.130 e. The van der Waals surface area contributed by atoms with Gasteiger partial charge in [0.2, 0.25) is 0 Å². The molecular weight excluding hydrogens is 534 g/mol. The van der Waals surface area contributed by atoms with Crippen molar-refractivity contribution < 1.29 is 4.84 Å². The van der Waals surface area contributed by atoms with Crippen LogP contribution in [0.25, 0.3) is 0 Å². The summed E-state index contributed by atoms with van der Waals surface area (Å²) in [6, 6.07) is 1.53. The molecule has 6 rings (SSSR count). The standard InChI is InChI=1S/2C7H15N.C6H13N.C5H8N2.C5H9NO.C5H11N/c1-7-3-5-8(2)6-4-7;1-6-4-3-5-7(2)8-6;1-6-3-4-7(2)5-6;1-5-3-7(2)4-6-5;1-4-3-5(2)7-6-4;1-5-3-6(2)4-5/h7H,3-6H2,1-2H3;6-8H,3-5H2,1-2H3;6H,3-5H2,1-2H3;3-4H,1-2H3;5H,3H2,1-2H3;5H,3-4H2,1-2H3. The number of likely N-dealkylation sites (tertiary alicyclic amines) is 3. The Hall–Kier alpha value is -1.48. The summed E-state index contributed by atoms with van der Waals surface area (Å²) in [5, 5.41) is 7.21. The van der Waals surface area contributed by atoms with Gasteiger partial charge in [-0.2, -0.15) is 0 Å². The van der Waals surface area contributed by atoms with Gasteiger partial charge in [-0.1, -0.05) is 32.3 Å². The van der Waals surface area contributed by atoms with Crippen LogP contribution in [-0.4, -0.2) is 109 Å². The fraction of sp³-hybridized carbons (Fsp3) is 0.886. The summed E-state index contributed by atoms with van der Waals surface area (Å²) in [5.74, 6) is 2.89. The average molecular weight is 606 g/mol. The highest BCUT2D eigenvalue weighted by Gasteiger charge is 2.17.